The second-order valence-corrected chi connectivity index (χ2v) is 10.0. The van der Waals surface area contributed by atoms with E-state index in [1.807, 2.05) is 12.3 Å². The minimum absolute atomic E-state index is 0.0709. The fourth-order valence-corrected chi connectivity index (χ4v) is 6.79. The molecule has 0 spiro atoms. The molecule has 0 saturated carbocycles. The molecule has 0 saturated heterocycles. The van der Waals surface area contributed by atoms with Gasteiger partial charge in [0, 0.05) is 0 Å². The van der Waals surface area contributed by atoms with Crippen LogP contribution in [-0.4, -0.2) is 9.51 Å². The first-order valence-electron chi connectivity index (χ1n) is 4.50. The van der Waals surface area contributed by atoms with E-state index < -0.39 is 23.3 Å². The fourth-order valence-electron chi connectivity index (χ4n) is 1.52. The molecule has 76 valence electrons. The molecule has 0 radical (unpaired) electrons. The molecule has 0 fully saturated rings. The first kappa shape index (κ1) is 11.4. The zero-order chi connectivity index (χ0) is 11.0. The number of aromatic nitrogens is 2. The van der Waals surface area contributed by atoms with E-state index in [2.05, 4.69) is 0 Å². The summed E-state index contributed by atoms with van der Waals surface area (Å²) < 4.78 is 3.75. The van der Waals surface area contributed by atoms with Crippen LogP contribution in [0.4, 0.5) is 0 Å². The van der Waals surface area contributed by atoms with Crippen LogP contribution in [0.2, 0.25) is 0 Å². The molecule has 2 heterocycles. The van der Waals surface area contributed by atoms with E-state index in [-0.39, 0.29) is 11.4 Å². The third-order valence-electron chi connectivity index (χ3n) is 2.27. The predicted molar refractivity (Wildman–Crippen MR) is 54.6 cm³/mol. The molecule has 0 amide bonds. The molecule has 4 nitrogen and oxygen atoms in total. The van der Waals surface area contributed by atoms with Crippen molar-refractivity contribution in [2.45, 2.75) is 13.5 Å². The first-order valence-corrected chi connectivity index (χ1v) is 14.9. The summed E-state index contributed by atoms with van der Waals surface area (Å²) >= 11 is -0.483. The van der Waals surface area contributed by atoms with Gasteiger partial charge in [0.25, 0.3) is 0 Å². The third-order valence-corrected chi connectivity index (χ3v) is 8.95. The Morgan fingerprint density at radius 3 is 3.07 bits per heavy atom. The van der Waals surface area contributed by atoms with Crippen molar-refractivity contribution in [3.05, 3.63) is 21.9 Å². The van der Waals surface area contributed by atoms with Crippen molar-refractivity contribution in [3.63, 3.8) is 0 Å². The molecular formula is C8H8ClHgN2O2S+. The van der Waals surface area contributed by atoms with Gasteiger partial charge in [-0.2, -0.15) is 0 Å². The molecule has 15 heavy (non-hydrogen) atoms. The van der Waals surface area contributed by atoms with Crippen LogP contribution < -0.4 is 13.2 Å². The molecule has 0 aromatic carbocycles. The second-order valence-electron chi connectivity index (χ2n) is 3.04. The van der Waals surface area contributed by atoms with Crippen LogP contribution >= 0.6 is 19.6 Å². The standard InChI is InChI=1S/C8H7N2O2S.ClH.Hg/c1-2-9-6(11)5-7(12)10-3-4-13-8(9)10;;/h3-4H,2H2,1H3;1H;/q;;+1. The summed E-state index contributed by atoms with van der Waals surface area (Å²) in [6.45, 7) is 2.56. The van der Waals surface area contributed by atoms with Crippen LogP contribution in [0.1, 0.15) is 6.92 Å². The normalized spacial score (nSPS) is 10.5. The molecule has 0 unspecified atom stereocenters. The summed E-state index contributed by atoms with van der Waals surface area (Å²) in [4.78, 5) is 12.6. The summed E-state index contributed by atoms with van der Waals surface area (Å²) in [6.07, 6.45) is 1.72. The van der Waals surface area contributed by atoms with Crippen molar-refractivity contribution in [2.24, 2.45) is 0 Å². The molecule has 0 aliphatic rings. The average molecular weight is 432 g/mol. The summed E-state index contributed by atoms with van der Waals surface area (Å²) in [7, 11) is 5.87. The molecule has 2 aromatic heterocycles. The number of aryl methyl sites for hydroxylation is 1. The van der Waals surface area contributed by atoms with Crippen LogP contribution in [0.5, 0.6) is 5.88 Å². The van der Waals surface area contributed by atoms with Gasteiger partial charge in [0.05, 0.1) is 0 Å². The molecule has 0 aliphatic carbocycles. The second kappa shape index (κ2) is 4.39. The number of hydrogen-bond acceptors (Lipinski definition) is 3. The summed E-state index contributed by atoms with van der Waals surface area (Å²) in [6, 6.07) is 0. The Morgan fingerprint density at radius 2 is 2.47 bits per heavy atom. The number of nitrogens with zero attached hydrogens (tertiary/aromatic N) is 2. The van der Waals surface area contributed by atoms with E-state index >= 15 is 0 Å². The summed E-state index contributed by atoms with van der Waals surface area (Å²) in [5, 5.41) is 11.7. The van der Waals surface area contributed by atoms with Crippen LogP contribution in [-0.2, 0) is 29.9 Å². The first-order chi connectivity index (χ1) is 7.20. The number of hydrogen-bond donors (Lipinski definition) is 1. The van der Waals surface area contributed by atoms with E-state index in [9.17, 15) is 9.90 Å². The van der Waals surface area contributed by atoms with Gasteiger partial charge in [0.1, 0.15) is 0 Å². The van der Waals surface area contributed by atoms with Crippen molar-refractivity contribution < 1.29 is 33.0 Å². The Hall–Kier alpha value is -0.135. The van der Waals surface area contributed by atoms with Gasteiger partial charge in [-0.3, -0.25) is 0 Å². The molecule has 7 heteroatoms. The number of aromatic hydroxyl groups is 1. The Bertz CT molecular complexity index is 566. The van der Waals surface area contributed by atoms with Crippen LogP contribution in [0, 0.1) is 0 Å². The Labute approximate surface area is 106 Å². The van der Waals surface area contributed by atoms with E-state index in [1.165, 1.54) is 11.3 Å². The quantitative estimate of drug-likeness (QED) is 0.546. The van der Waals surface area contributed by atoms with Gasteiger partial charge in [-0.25, -0.2) is 0 Å². The van der Waals surface area contributed by atoms with Crippen molar-refractivity contribution in [3.8, 4) is 5.88 Å². The van der Waals surface area contributed by atoms with E-state index in [0.29, 0.717) is 9.62 Å². The Balaban J connectivity index is 2.97. The van der Waals surface area contributed by atoms with Crippen molar-refractivity contribution >= 4 is 27.6 Å². The van der Waals surface area contributed by atoms with Crippen LogP contribution in [0.25, 0.3) is 4.96 Å². The molecule has 2 aromatic rings. The maximum atomic E-state index is 11.9. The Morgan fingerprint density at radius 1 is 1.73 bits per heavy atom. The van der Waals surface area contributed by atoms with Crippen molar-refractivity contribution in [2.75, 3.05) is 0 Å². The SMILES string of the molecule is CC[n+]1c(O)[c]([Hg][Cl])c(=O)n2ccsc21. The van der Waals surface area contributed by atoms with Crippen molar-refractivity contribution in [1.29, 1.82) is 0 Å². The number of fused-ring (bicyclic) bond motifs is 1. The molecule has 0 bridgehead atoms. The molecular weight excluding hydrogens is 424 g/mol. The third kappa shape index (κ3) is 1.70. The monoisotopic (exact) mass is 433 g/mol. The molecule has 1 N–H and O–H groups in total. The summed E-state index contributed by atoms with van der Waals surface area (Å²) in [5.41, 5.74) is -0.148. The van der Waals surface area contributed by atoms with Gasteiger partial charge >= 0.3 is 106 Å². The number of halogens is 1. The van der Waals surface area contributed by atoms with Gasteiger partial charge in [-0.1, -0.05) is 0 Å². The van der Waals surface area contributed by atoms with Gasteiger partial charge in [-0.15, -0.1) is 0 Å². The topological polar surface area (TPSA) is 45.6 Å². The average Bonchev–Trinajstić information content (AvgIpc) is 2.68. The van der Waals surface area contributed by atoms with Crippen LogP contribution in [0.3, 0.4) is 0 Å². The van der Waals surface area contributed by atoms with Gasteiger partial charge in [-0.05, 0) is 0 Å². The van der Waals surface area contributed by atoms with Gasteiger partial charge in [0.2, 0.25) is 0 Å². The zero-order valence-electron chi connectivity index (χ0n) is 8.11. The summed E-state index contributed by atoms with van der Waals surface area (Å²) in [5.74, 6) is 0.0709. The zero-order valence-corrected chi connectivity index (χ0v) is 15.2. The van der Waals surface area contributed by atoms with E-state index in [4.69, 9.17) is 8.25 Å². The van der Waals surface area contributed by atoms with E-state index in [1.54, 1.807) is 15.2 Å². The van der Waals surface area contributed by atoms with Gasteiger partial charge in [0.15, 0.2) is 0 Å². The Kier molecular flexibility index (Phi) is 3.32. The van der Waals surface area contributed by atoms with Gasteiger partial charge < -0.3 is 0 Å². The maximum absolute atomic E-state index is 11.9. The number of thiazole rings is 1. The predicted octanol–water partition coefficient (Wildman–Crippen LogP) is 0.236. The van der Waals surface area contributed by atoms with Crippen LogP contribution in [0.15, 0.2) is 16.4 Å². The molecule has 2 rings (SSSR count). The van der Waals surface area contributed by atoms with Crippen molar-refractivity contribution in [1.82, 2.24) is 4.40 Å². The fraction of sp³-hybridized carbons (Fsp3) is 0.250. The minimum atomic E-state index is -1.92. The molecule has 0 atom stereocenters. The van der Waals surface area contributed by atoms with E-state index in [0.717, 1.165) is 4.96 Å². The molecule has 0 aliphatic heterocycles. The number of rotatable bonds is 2.